The van der Waals surface area contributed by atoms with Crippen LogP contribution in [0, 0.1) is 5.82 Å². The molecule has 1 atom stereocenters. The number of sulfonamides is 1. The van der Waals surface area contributed by atoms with Crippen molar-refractivity contribution in [1.29, 1.82) is 0 Å². The van der Waals surface area contributed by atoms with Gasteiger partial charge in [-0.05, 0) is 48.4 Å². The maximum absolute atomic E-state index is 13.9. The van der Waals surface area contributed by atoms with Crippen LogP contribution in [0.4, 0.5) is 10.1 Å². The summed E-state index contributed by atoms with van der Waals surface area (Å²) < 4.78 is 42.0. The molecule has 196 valence electrons. The Hall–Kier alpha value is -3.14. The van der Waals surface area contributed by atoms with Crippen LogP contribution in [0.5, 0.6) is 0 Å². The molecule has 0 unspecified atom stereocenters. The Morgan fingerprint density at radius 1 is 0.973 bits per heavy atom. The van der Waals surface area contributed by atoms with Gasteiger partial charge in [0.25, 0.3) is 10.0 Å². The lowest BCUT2D eigenvalue weighted by atomic mass is 10.1. The molecule has 0 spiro atoms. The number of rotatable bonds is 10. The third-order valence-electron chi connectivity index (χ3n) is 5.73. The van der Waals surface area contributed by atoms with Crippen molar-refractivity contribution >= 4 is 50.7 Å². The minimum Gasteiger partial charge on any atom is -0.357 e. The van der Waals surface area contributed by atoms with Crippen molar-refractivity contribution in [3.63, 3.8) is 0 Å². The molecule has 7 nitrogen and oxygen atoms in total. The molecule has 0 fully saturated rings. The second kappa shape index (κ2) is 12.4. The quantitative estimate of drug-likeness (QED) is 0.379. The minimum absolute atomic E-state index is 0.00529. The van der Waals surface area contributed by atoms with E-state index in [4.69, 9.17) is 23.2 Å². The van der Waals surface area contributed by atoms with E-state index in [1.807, 2.05) is 0 Å². The molecule has 3 rings (SSSR count). The molecule has 0 saturated carbocycles. The first kappa shape index (κ1) is 28.4. The SMILES string of the molecule is CC[C@H](C(=O)NC)N(Cc1ccccc1Cl)C(=O)CN(c1ccc(F)c(Cl)c1)S(=O)(=O)c1ccccc1. The highest BCUT2D eigenvalue weighted by Gasteiger charge is 2.33. The Kier molecular flexibility index (Phi) is 9.53. The fraction of sp³-hybridized carbons (Fsp3) is 0.231. The third-order valence-corrected chi connectivity index (χ3v) is 8.18. The van der Waals surface area contributed by atoms with Crippen LogP contribution in [0.1, 0.15) is 18.9 Å². The molecule has 0 aromatic heterocycles. The number of carbonyl (C=O) groups excluding carboxylic acids is 2. The van der Waals surface area contributed by atoms with Crippen LogP contribution in [-0.4, -0.2) is 44.8 Å². The van der Waals surface area contributed by atoms with Crippen molar-refractivity contribution < 1.29 is 22.4 Å². The zero-order valence-electron chi connectivity index (χ0n) is 20.2. The summed E-state index contributed by atoms with van der Waals surface area (Å²) in [6, 6.07) is 16.9. The first-order valence-electron chi connectivity index (χ1n) is 11.4. The fourth-order valence-electron chi connectivity index (χ4n) is 3.78. The van der Waals surface area contributed by atoms with Gasteiger partial charge in [0.15, 0.2) is 0 Å². The number of nitrogens with one attached hydrogen (secondary N) is 1. The molecule has 0 aliphatic carbocycles. The number of nitrogens with zero attached hydrogens (tertiary/aromatic N) is 2. The maximum atomic E-state index is 13.9. The average molecular weight is 566 g/mol. The highest BCUT2D eigenvalue weighted by atomic mass is 35.5. The van der Waals surface area contributed by atoms with Gasteiger partial charge in [-0.3, -0.25) is 13.9 Å². The number of halogens is 3. The summed E-state index contributed by atoms with van der Waals surface area (Å²) >= 11 is 12.3. The van der Waals surface area contributed by atoms with Crippen LogP contribution in [0.25, 0.3) is 0 Å². The molecule has 0 aliphatic heterocycles. The number of carbonyl (C=O) groups is 2. The van der Waals surface area contributed by atoms with Crippen LogP contribution >= 0.6 is 23.2 Å². The standard InChI is InChI=1S/C26H26Cl2FN3O4S/c1-3-24(26(34)30-2)31(16-18-9-7-8-12-21(18)27)25(33)17-32(19-13-14-23(29)22(28)15-19)37(35,36)20-10-5-4-6-11-20/h4-15,24H,3,16-17H2,1-2H3,(H,30,34)/t24-/m1/s1. The van der Waals surface area contributed by atoms with E-state index in [0.717, 1.165) is 16.4 Å². The number of anilines is 1. The van der Waals surface area contributed by atoms with Gasteiger partial charge < -0.3 is 10.2 Å². The van der Waals surface area contributed by atoms with E-state index in [0.29, 0.717) is 10.6 Å². The monoisotopic (exact) mass is 565 g/mol. The normalized spacial score (nSPS) is 12.0. The molecule has 0 aliphatic rings. The van der Waals surface area contributed by atoms with Crippen molar-refractivity contribution in [2.75, 3.05) is 17.9 Å². The van der Waals surface area contributed by atoms with Crippen LogP contribution in [0.15, 0.2) is 77.7 Å². The summed E-state index contributed by atoms with van der Waals surface area (Å²) in [5.41, 5.74) is 0.580. The van der Waals surface area contributed by atoms with E-state index < -0.39 is 40.2 Å². The Balaban J connectivity index is 2.09. The average Bonchev–Trinajstić information content (AvgIpc) is 2.90. The Bertz CT molecular complexity index is 1370. The fourth-order valence-corrected chi connectivity index (χ4v) is 5.58. The second-order valence-corrected chi connectivity index (χ2v) is 10.8. The van der Waals surface area contributed by atoms with Crippen molar-refractivity contribution in [2.45, 2.75) is 30.8 Å². The zero-order valence-corrected chi connectivity index (χ0v) is 22.5. The van der Waals surface area contributed by atoms with Gasteiger partial charge in [0.1, 0.15) is 18.4 Å². The van der Waals surface area contributed by atoms with Gasteiger partial charge in [-0.25, -0.2) is 12.8 Å². The molecule has 0 radical (unpaired) electrons. The molecule has 3 aromatic rings. The number of hydrogen-bond donors (Lipinski definition) is 1. The number of likely N-dealkylation sites (N-methyl/N-ethyl adjacent to an activating group) is 1. The van der Waals surface area contributed by atoms with E-state index in [9.17, 15) is 22.4 Å². The number of benzene rings is 3. The number of amides is 2. The predicted molar refractivity (Wildman–Crippen MR) is 143 cm³/mol. The molecular weight excluding hydrogens is 540 g/mol. The molecule has 0 heterocycles. The second-order valence-electron chi connectivity index (χ2n) is 8.07. The summed E-state index contributed by atoms with van der Waals surface area (Å²) in [5.74, 6) is -1.81. The predicted octanol–water partition coefficient (Wildman–Crippen LogP) is 4.88. The first-order chi connectivity index (χ1) is 17.6. The smallest absolute Gasteiger partial charge is 0.264 e. The van der Waals surface area contributed by atoms with Crippen molar-refractivity contribution in [2.24, 2.45) is 0 Å². The largest absolute Gasteiger partial charge is 0.357 e. The summed E-state index contributed by atoms with van der Waals surface area (Å²) in [6.45, 7) is 1.04. The van der Waals surface area contributed by atoms with Crippen molar-refractivity contribution in [3.05, 3.63) is 94.2 Å². The van der Waals surface area contributed by atoms with E-state index in [1.54, 1.807) is 49.4 Å². The van der Waals surface area contributed by atoms with Gasteiger partial charge in [0.2, 0.25) is 11.8 Å². The van der Waals surface area contributed by atoms with Gasteiger partial charge in [-0.15, -0.1) is 0 Å². The Labute approximate surface area is 225 Å². The summed E-state index contributed by atoms with van der Waals surface area (Å²) in [4.78, 5) is 27.7. The lowest BCUT2D eigenvalue weighted by molar-refractivity contribution is -0.140. The van der Waals surface area contributed by atoms with Crippen molar-refractivity contribution in [1.82, 2.24) is 10.2 Å². The van der Waals surface area contributed by atoms with Crippen molar-refractivity contribution in [3.8, 4) is 0 Å². The van der Waals surface area contributed by atoms with E-state index >= 15 is 0 Å². The number of hydrogen-bond acceptors (Lipinski definition) is 4. The van der Waals surface area contributed by atoms with Gasteiger partial charge in [-0.2, -0.15) is 0 Å². The third kappa shape index (κ3) is 6.60. The summed E-state index contributed by atoms with van der Waals surface area (Å²) in [7, 11) is -2.82. The first-order valence-corrected chi connectivity index (χ1v) is 13.6. The van der Waals surface area contributed by atoms with Gasteiger partial charge in [-0.1, -0.05) is 66.5 Å². The lowest BCUT2D eigenvalue weighted by Gasteiger charge is -2.33. The van der Waals surface area contributed by atoms with Crippen LogP contribution < -0.4 is 9.62 Å². The maximum Gasteiger partial charge on any atom is 0.264 e. The van der Waals surface area contributed by atoms with Gasteiger partial charge >= 0.3 is 0 Å². The van der Waals surface area contributed by atoms with E-state index in [2.05, 4.69) is 5.32 Å². The highest BCUT2D eigenvalue weighted by Crippen LogP contribution is 2.28. The molecule has 2 amide bonds. The van der Waals surface area contributed by atoms with E-state index in [-0.39, 0.29) is 28.6 Å². The molecule has 11 heteroatoms. The molecule has 1 N–H and O–H groups in total. The molecule has 0 bridgehead atoms. The minimum atomic E-state index is -4.27. The lowest BCUT2D eigenvalue weighted by Crippen LogP contribution is -2.51. The molecular formula is C26H26Cl2FN3O4S. The Morgan fingerprint density at radius 2 is 1.62 bits per heavy atom. The van der Waals surface area contributed by atoms with Crippen LogP contribution in [-0.2, 0) is 26.2 Å². The Morgan fingerprint density at radius 3 is 2.22 bits per heavy atom. The molecule has 3 aromatic carbocycles. The van der Waals surface area contributed by atoms with Crippen LogP contribution in [0.2, 0.25) is 10.0 Å². The van der Waals surface area contributed by atoms with E-state index in [1.165, 1.54) is 30.1 Å². The highest BCUT2D eigenvalue weighted by molar-refractivity contribution is 7.92. The molecule has 37 heavy (non-hydrogen) atoms. The summed E-state index contributed by atoms with van der Waals surface area (Å²) in [6.07, 6.45) is 0.268. The molecule has 0 saturated heterocycles. The van der Waals surface area contributed by atoms with Gasteiger partial charge in [0.05, 0.1) is 15.6 Å². The van der Waals surface area contributed by atoms with Crippen LogP contribution in [0.3, 0.4) is 0 Å². The van der Waals surface area contributed by atoms with Gasteiger partial charge in [0, 0.05) is 18.6 Å². The summed E-state index contributed by atoms with van der Waals surface area (Å²) in [5, 5.41) is 2.64. The zero-order chi connectivity index (χ0) is 27.2. The topological polar surface area (TPSA) is 86.8 Å².